The highest BCUT2D eigenvalue weighted by molar-refractivity contribution is 6.07. The van der Waals surface area contributed by atoms with Crippen molar-refractivity contribution in [1.82, 2.24) is 5.32 Å². The molecule has 3 aromatic rings. The third-order valence-electron chi connectivity index (χ3n) is 4.09. The molecule has 0 saturated heterocycles. The molecule has 1 unspecified atom stereocenters. The first-order valence-corrected chi connectivity index (χ1v) is 7.55. The van der Waals surface area contributed by atoms with Crippen LogP contribution in [0.4, 0.5) is 0 Å². The number of carbonyl (C=O) groups excluding carboxylic acids is 1. The molecule has 3 aromatic carbocycles. The van der Waals surface area contributed by atoms with Gasteiger partial charge in [-0.3, -0.25) is 4.79 Å². The molecular weight excluding hydrogens is 274 g/mol. The van der Waals surface area contributed by atoms with Crippen LogP contribution in [-0.2, 0) is 0 Å². The fraction of sp³-hybridized carbons (Fsp3) is 0.211. The lowest BCUT2D eigenvalue weighted by atomic mass is 10.00. The summed E-state index contributed by atoms with van der Waals surface area (Å²) in [7, 11) is 0. The number of fused-ring (bicyclic) bond motifs is 2. The number of phenols is 1. The van der Waals surface area contributed by atoms with E-state index < -0.39 is 0 Å². The SMILES string of the molecule is CCC(C)NC(=O)c1ccc2cc3ccccc3cc2c1O. The summed E-state index contributed by atoms with van der Waals surface area (Å²) >= 11 is 0. The number of phenolic OH excluding ortho intramolecular Hbond substituents is 1. The largest absolute Gasteiger partial charge is 0.506 e. The molecule has 0 heterocycles. The number of amides is 1. The van der Waals surface area contributed by atoms with Gasteiger partial charge in [0.2, 0.25) is 0 Å². The summed E-state index contributed by atoms with van der Waals surface area (Å²) in [5.41, 5.74) is 0.322. The van der Waals surface area contributed by atoms with Crippen LogP contribution in [0.25, 0.3) is 21.5 Å². The smallest absolute Gasteiger partial charge is 0.255 e. The zero-order valence-corrected chi connectivity index (χ0v) is 12.8. The number of benzene rings is 3. The molecule has 0 saturated carbocycles. The Hall–Kier alpha value is -2.55. The van der Waals surface area contributed by atoms with Crippen molar-refractivity contribution < 1.29 is 9.90 Å². The topological polar surface area (TPSA) is 49.3 Å². The van der Waals surface area contributed by atoms with Crippen molar-refractivity contribution in [2.45, 2.75) is 26.3 Å². The highest BCUT2D eigenvalue weighted by Gasteiger charge is 2.15. The van der Waals surface area contributed by atoms with E-state index in [0.29, 0.717) is 10.9 Å². The quantitative estimate of drug-likeness (QED) is 0.710. The lowest BCUT2D eigenvalue weighted by Gasteiger charge is -2.13. The van der Waals surface area contributed by atoms with E-state index in [1.54, 1.807) is 6.07 Å². The molecule has 22 heavy (non-hydrogen) atoms. The van der Waals surface area contributed by atoms with Crippen molar-refractivity contribution in [1.29, 1.82) is 0 Å². The van der Waals surface area contributed by atoms with Crippen LogP contribution in [0.1, 0.15) is 30.6 Å². The van der Waals surface area contributed by atoms with E-state index in [4.69, 9.17) is 0 Å². The second-order valence-corrected chi connectivity index (χ2v) is 5.66. The fourth-order valence-corrected chi connectivity index (χ4v) is 2.58. The Bertz CT molecular complexity index is 855. The van der Waals surface area contributed by atoms with Gasteiger partial charge < -0.3 is 10.4 Å². The molecule has 0 bridgehead atoms. The fourth-order valence-electron chi connectivity index (χ4n) is 2.58. The summed E-state index contributed by atoms with van der Waals surface area (Å²) in [6.07, 6.45) is 0.852. The van der Waals surface area contributed by atoms with Gasteiger partial charge in [-0.2, -0.15) is 0 Å². The molecule has 1 amide bonds. The second kappa shape index (κ2) is 5.68. The van der Waals surface area contributed by atoms with Crippen LogP contribution in [0, 0.1) is 0 Å². The zero-order valence-electron chi connectivity index (χ0n) is 12.8. The molecule has 2 N–H and O–H groups in total. The number of nitrogens with one attached hydrogen (secondary N) is 1. The van der Waals surface area contributed by atoms with E-state index in [2.05, 4.69) is 5.32 Å². The summed E-state index contributed by atoms with van der Waals surface area (Å²) in [6, 6.07) is 15.6. The summed E-state index contributed by atoms with van der Waals surface area (Å²) in [5.74, 6) is -0.189. The third-order valence-corrected chi connectivity index (χ3v) is 4.09. The molecule has 3 nitrogen and oxygen atoms in total. The van der Waals surface area contributed by atoms with Gasteiger partial charge in [0.05, 0.1) is 5.56 Å². The number of aromatic hydroxyl groups is 1. The van der Waals surface area contributed by atoms with Crippen LogP contribution in [0.3, 0.4) is 0 Å². The lowest BCUT2D eigenvalue weighted by molar-refractivity contribution is 0.0937. The molecule has 0 aliphatic heterocycles. The van der Waals surface area contributed by atoms with E-state index in [1.165, 1.54) is 0 Å². The maximum Gasteiger partial charge on any atom is 0.255 e. The minimum absolute atomic E-state index is 0.0454. The number of carbonyl (C=O) groups is 1. The van der Waals surface area contributed by atoms with Crippen molar-refractivity contribution in [3.05, 3.63) is 54.1 Å². The van der Waals surface area contributed by atoms with Crippen LogP contribution in [0.2, 0.25) is 0 Å². The highest BCUT2D eigenvalue weighted by atomic mass is 16.3. The number of hydrogen-bond acceptors (Lipinski definition) is 2. The maximum absolute atomic E-state index is 12.3. The Labute approximate surface area is 129 Å². The average Bonchev–Trinajstić information content (AvgIpc) is 2.53. The molecule has 112 valence electrons. The summed E-state index contributed by atoms with van der Waals surface area (Å²) in [5, 5.41) is 17.2. The van der Waals surface area contributed by atoms with Crippen LogP contribution < -0.4 is 5.32 Å². The lowest BCUT2D eigenvalue weighted by Crippen LogP contribution is -2.31. The predicted molar refractivity (Wildman–Crippen MR) is 90.3 cm³/mol. The number of rotatable bonds is 3. The van der Waals surface area contributed by atoms with Gasteiger partial charge in [0, 0.05) is 11.4 Å². The van der Waals surface area contributed by atoms with Crippen molar-refractivity contribution in [2.24, 2.45) is 0 Å². The predicted octanol–water partition coefficient (Wildman–Crippen LogP) is 4.23. The minimum Gasteiger partial charge on any atom is -0.506 e. The Balaban J connectivity index is 2.12. The molecule has 0 spiro atoms. The van der Waals surface area contributed by atoms with Crippen LogP contribution in [-0.4, -0.2) is 17.1 Å². The van der Waals surface area contributed by atoms with E-state index in [1.807, 2.05) is 56.3 Å². The highest BCUT2D eigenvalue weighted by Crippen LogP contribution is 2.32. The summed E-state index contributed by atoms with van der Waals surface area (Å²) in [4.78, 5) is 12.3. The Morgan fingerprint density at radius 2 is 1.77 bits per heavy atom. The Morgan fingerprint density at radius 3 is 2.45 bits per heavy atom. The first kappa shape index (κ1) is 14.4. The molecule has 1 atom stereocenters. The van der Waals surface area contributed by atoms with E-state index in [-0.39, 0.29) is 17.7 Å². The van der Waals surface area contributed by atoms with Crippen LogP contribution >= 0.6 is 0 Å². The molecular formula is C19H19NO2. The zero-order chi connectivity index (χ0) is 15.7. The summed E-state index contributed by atoms with van der Waals surface area (Å²) in [6.45, 7) is 3.96. The van der Waals surface area contributed by atoms with Gasteiger partial charge in [-0.25, -0.2) is 0 Å². The summed E-state index contributed by atoms with van der Waals surface area (Å²) < 4.78 is 0. The molecule has 0 aliphatic carbocycles. The monoisotopic (exact) mass is 293 g/mol. The maximum atomic E-state index is 12.3. The van der Waals surface area contributed by atoms with Gasteiger partial charge in [0.15, 0.2) is 0 Å². The molecule has 0 aliphatic rings. The third kappa shape index (κ3) is 2.50. The van der Waals surface area contributed by atoms with E-state index in [0.717, 1.165) is 22.6 Å². The van der Waals surface area contributed by atoms with Gasteiger partial charge >= 0.3 is 0 Å². The van der Waals surface area contributed by atoms with Gasteiger partial charge in [0.1, 0.15) is 5.75 Å². The normalized spacial score (nSPS) is 12.5. The average molecular weight is 293 g/mol. The minimum atomic E-state index is -0.234. The van der Waals surface area contributed by atoms with Crippen LogP contribution in [0.5, 0.6) is 5.75 Å². The van der Waals surface area contributed by atoms with Gasteiger partial charge in [-0.05, 0) is 47.7 Å². The standard InChI is InChI=1S/C19H19NO2/c1-3-12(2)20-19(22)16-9-8-15-10-13-6-4-5-7-14(13)11-17(15)18(16)21/h4-12,21H,3H2,1-2H3,(H,20,22). The second-order valence-electron chi connectivity index (χ2n) is 5.66. The van der Waals surface area contributed by atoms with Gasteiger partial charge in [-0.15, -0.1) is 0 Å². The van der Waals surface area contributed by atoms with E-state index >= 15 is 0 Å². The molecule has 3 rings (SSSR count). The molecule has 0 aromatic heterocycles. The molecule has 0 fully saturated rings. The van der Waals surface area contributed by atoms with Gasteiger partial charge in [-0.1, -0.05) is 37.3 Å². The van der Waals surface area contributed by atoms with E-state index in [9.17, 15) is 9.90 Å². The van der Waals surface area contributed by atoms with Crippen molar-refractivity contribution in [2.75, 3.05) is 0 Å². The van der Waals surface area contributed by atoms with Gasteiger partial charge in [0.25, 0.3) is 5.91 Å². The van der Waals surface area contributed by atoms with Crippen molar-refractivity contribution in [3.8, 4) is 5.75 Å². The Morgan fingerprint density at radius 1 is 1.09 bits per heavy atom. The first-order valence-electron chi connectivity index (χ1n) is 7.55. The van der Waals surface area contributed by atoms with Crippen LogP contribution in [0.15, 0.2) is 48.5 Å². The first-order chi connectivity index (χ1) is 10.6. The van der Waals surface area contributed by atoms with Crippen molar-refractivity contribution in [3.63, 3.8) is 0 Å². The van der Waals surface area contributed by atoms with Crippen molar-refractivity contribution >= 4 is 27.5 Å². The molecule has 3 heteroatoms. The molecule has 0 radical (unpaired) electrons. The Kier molecular flexibility index (Phi) is 3.72. The number of hydrogen-bond donors (Lipinski definition) is 2.